The monoisotopic (exact) mass is 258 g/mol. The maximum atomic E-state index is 10.0. The van der Waals surface area contributed by atoms with Crippen LogP contribution in [0.25, 0.3) is 11.4 Å². The maximum Gasteiger partial charge on any atom is 0.167 e. The molecular weight excluding hydrogens is 240 g/mol. The maximum absolute atomic E-state index is 10.0. The number of rotatable bonds is 2. The van der Waals surface area contributed by atoms with Crippen LogP contribution < -0.4 is 5.73 Å². The number of aromatic nitrogens is 3. The van der Waals surface area contributed by atoms with E-state index in [1.807, 2.05) is 0 Å². The van der Waals surface area contributed by atoms with Crippen LogP contribution in [0, 0.1) is 0 Å². The third-order valence-electron chi connectivity index (χ3n) is 3.80. The van der Waals surface area contributed by atoms with Gasteiger partial charge in [0.05, 0.1) is 5.56 Å². The lowest BCUT2D eigenvalue weighted by atomic mass is 9.95. The molecule has 0 saturated heterocycles. The highest BCUT2D eigenvalue weighted by atomic mass is 16.3. The molecule has 1 aromatic heterocycles. The Hall–Kier alpha value is -2.04. The van der Waals surface area contributed by atoms with Crippen LogP contribution in [0.5, 0.6) is 5.75 Å². The number of phenols is 1. The number of anilines is 1. The Balaban J connectivity index is 1.99. The van der Waals surface area contributed by atoms with Crippen molar-refractivity contribution in [3.8, 4) is 17.1 Å². The average molecular weight is 258 g/mol. The molecule has 1 fully saturated rings. The molecule has 19 heavy (non-hydrogen) atoms. The summed E-state index contributed by atoms with van der Waals surface area (Å²) in [6.07, 6.45) is 7.87. The number of hydrogen-bond donors (Lipinski definition) is 2. The smallest absolute Gasteiger partial charge is 0.167 e. The lowest BCUT2D eigenvalue weighted by molar-refractivity contribution is 0.354. The first-order valence-corrected chi connectivity index (χ1v) is 6.74. The van der Waals surface area contributed by atoms with E-state index in [-0.39, 0.29) is 5.75 Å². The molecule has 0 spiro atoms. The Morgan fingerprint density at radius 2 is 2.00 bits per heavy atom. The summed E-state index contributed by atoms with van der Waals surface area (Å²) in [7, 11) is 0. The topological polar surface area (TPSA) is 77.0 Å². The molecule has 1 aromatic carbocycles. The molecule has 0 bridgehead atoms. The van der Waals surface area contributed by atoms with Gasteiger partial charge in [-0.05, 0) is 25.0 Å². The molecule has 1 saturated carbocycles. The standard InChI is InChI=1S/C14H18N4O/c15-10-6-7-12(13(19)8-10)14-17-16-9-18(14)11-4-2-1-3-5-11/h6-9,11,19H,1-5,15H2. The highest BCUT2D eigenvalue weighted by molar-refractivity contribution is 5.67. The minimum absolute atomic E-state index is 0.157. The molecular formula is C14H18N4O. The molecule has 5 nitrogen and oxygen atoms in total. The minimum atomic E-state index is 0.157. The predicted molar refractivity (Wildman–Crippen MR) is 73.7 cm³/mol. The summed E-state index contributed by atoms with van der Waals surface area (Å²) in [5.41, 5.74) is 6.90. The first-order valence-electron chi connectivity index (χ1n) is 6.74. The number of nitrogen functional groups attached to an aromatic ring is 1. The van der Waals surface area contributed by atoms with Crippen molar-refractivity contribution in [3.05, 3.63) is 24.5 Å². The lowest BCUT2D eigenvalue weighted by Gasteiger charge is -2.24. The van der Waals surface area contributed by atoms with Crippen molar-refractivity contribution in [3.63, 3.8) is 0 Å². The van der Waals surface area contributed by atoms with Gasteiger partial charge in [-0.15, -0.1) is 10.2 Å². The number of hydrogen-bond acceptors (Lipinski definition) is 4. The molecule has 0 unspecified atom stereocenters. The van der Waals surface area contributed by atoms with E-state index in [4.69, 9.17) is 5.73 Å². The molecule has 1 aliphatic rings. The van der Waals surface area contributed by atoms with E-state index in [1.54, 1.807) is 24.5 Å². The average Bonchev–Trinajstić information content (AvgIpc) is 2.89. The van der Waals surface area contributed by atoms with Gasteiger partial charge in [-0.1, -0.05) is 19.3 Å². The highest BCUT2D eigenvalue weighted by Gasteiger charge is 2.20. The van der Waals surface area contributed by atoms with Gasteiger partial charge in [-0.3, -0.25) is 0 Å². The SMILES string of the molecule is Nc1ccc(-c2nncn2C2CCCCC2)c(O)c1. The number of benzene rings is 1. The van der Waals surface area contributed by atoms with Crippen molar-refractivity contribution < 1.29 is 5.11 Å². The Morgan fingerprint density at radius 1 is 1.21 bits per heavy atom. The van der Waals surface area contributed by atoms with Crippen LogP contribution >= 0.6 is 0 Å². The third kappa shape index (κ3) is 2.28. The van der Waals surface area contributed by atoms with Crippen molar-refractivity contribution in [1.82, 2.24) is 14.8 Å². The molecule has 100 valence electrons. The third-order valence-corrected chi connectivity index (χ3v) is 3.80. The van der Waals surface area contributed by atoms with E-state index in [2.05, 4.69) is 14.8 Å². The summed E-state index contributed by atoms with van der Waals surface area (Å²) < 4.78 is 2.09. The Labute approximate surface area is 112 Å². The Kier molecular flexibility index (Phi) is 3.11. The molecule has 0 aliphatic heterocycles. The Morgan fingerprint density at radius 3 is 2.74 bits per heavy atom. The second kappa shape index (κ2) is 4.91. The van der Waals surface area contributed by atoms with Gasteiger partial charge in [0, 0.05) is 17.8 Å². The van der Waals surface area contributed by atoms with Crippen molar-refractivity contribution >= 4 is 5.69 Å². The summed E-state index contributed by atoms with van der Waals surface area (Å²) in [4.78, 5) is 0. The number of nitrogens with two attached hydrogens (primary N) is 1. The van der Waals surface area contributed by atoms with Crippen LogP contribution in [0.4, 0.5) is 5.69 Å². The van der Waals surface area contributed by atoms with Crippen LogP contribution in [0.1, 0.15) is 38.1 Å². The summed E-state index contributed by atoms with van der Waals surface area (Å²) in [6, 6.07) is 5.56. The Bertz CT molecular complexity index is 573. The van der Waals surface area contributed by atoms with E-state index >= 15 is 0 Å². The van der Waals surface area contributed by atoms with Crippen LogP contribution in [-0.2, 0) is 0 Å². The summed E-state index contributed by atoms with van der Waals surface area (Å²) in [6.45, 7) is 0. The van der Waals surface area contributed by atoms with Gasteiger partial charge in [-0.25, -0.2) is 0 Å². The number of nitrogens with zero attached hydrogens (tertiary/aromatic N) is 3. The van der Waals surface area contributed by atoms with Crippen LogP contribution in [0.15, 0.2) is 24.5 Å². The second-order valence-electron chi connectivity index (χ2n) is 5.13. The van der Waals surface area contributed by atoms with Gasteiger partial charge in [0.25, 0.3) is 0 Å². The number of phenolic OH excluding ortho intramolecular Hbond substituents is 1. The molecule has 0 radical (unpaired) electrons. The van der Waals surface area contributed by atoms with E-state index in [0.717, 1.165) is 18.7 Å². The zero-order chi connectivity index (χ0) is 13.2. The van der Waals surface area contributed by atoms with Gasteiger partial charge < -0.3 is 15.4 Å². The van der Waals surface area contributed by atoms with Gasteiger partial charge >= 0.3 is 0 Å². The van der Waals surface area contributed by atoms with Gasteiger partial charge in [-0.2, -0.15) is 0 Å². The molecule has 3 N–H and O–H groups in total. The van der Waals surface area contributed by atoms with Crippen molar-refractivity contribution in [1.29, 1.82) is 0 Å². The quantitative estimate of drug-likeness (QED) is 0.812. The van der Waals surface area contributed by atoms with Crippen LogP contribution in [0.3, 0.4) is 0 Å². The molecule has 5 heteroatoms. The van der Waals surface area contributed by atoms with E-state index in [0.29, 0.717) is 17.3 Å². The van der Waals surface area contributed by atoms with E-state index in [9.17, 15) is 5.11 Å². The van der Waals surface area contributed by atoms with E-state index < -0.39 is 0 Å². The van der Waals surface area contributed by atoms with Crippen molar-refractivity contribution in [2.45, 2.75) is 38.1 Å². The zero-order valence-electron chi connectivity index (χ0n) is 10.8. The second-order valence-corrected chi connectivity index (χ2v) is 5.13. The van der Waals surface area contributed by atoms with Gasteiger partial charge in [0.1, 0.15) is 12.1 Å². The molecule has 1 aliphatic carbocycles. The van der Waals surface area contributed by atoms with Crippen molar-refractivity contribution in [2.75, 3.05) is 5.73 Å². The zero-order valence-corrected chi connectivity index (χ0v) is 10.8. The normalized spacial score (nSPS) is 16.6. The van der Waals surface area contributed by atoms with Crippen molar-refractivity contribution in [2.24, 2.45) is 0 Å². The molecule has 1 heterocycles. The summed E-state index contributed by atoms with van der Waals surface area (Å²) in [5, 5.41) is 18.2. The van der Waals surface area contributed by atoms with Crippen LogP contribution in [-0.4, -0.2) is 19.9 Å². The molecule has 3 rings (SSSR count). The van der Waals surface area contributed by atoms with Gasteiger partial charge in [0.15, 0.2) is 5.82 Å². The molecule has 0 atom stereocenters. The fraction of sp³-hybridized carbons (Fsp3) is 0.429. The largest absolute Gasteiger partial charge is 0.507 e. The molecule has 0 amide bonds. The van der Waals surface area contributed by atoms with E-state index in [1.165, 1.54) is 19.3 Å². The minimum Gasteiger partial charge on any atom is -0.507 e. The lowest BCUT2D eigenvalue weighted by Crippen LogP contribution is -2.13. The van der Waals surface area contributed by atoms with Crippen LogP contribution in [0.2, 0.25) is 0 Å². The first kappa shape index (κ1) is 12.0. The fourth-order valence-electron chi connectivity index (χ4n) is 2.80. The highest BCUT2D eigenvalue weighted by Crippen LogP contribution is 2.34. The molecule has 2 aromatic rings. The van der Waals surface area contributed by atoms with Gasteiger partial charge in [0.2, 0.25) is 0 Å². The fourth-order valence-corrected chi connectivity index (χ4v) is 2.80. The summed E-state index contributed by atoms with van der Waals surface area (Å²) in [5.74, 6) is 0.884. The summed E-state index contributed by atoms with van der Waals surface area (Å²) >= 11 is 0. The first-order chi connectivity index (χ1) is 9.25. The predicted octanol–water partition coefficient (Wildman–Crippen LogP) is 2.74. The number of aromatic hydroxyl groups is 1.